The van der Waals surface area contributed by atoms with Gasteiger partial charge in [0.25, 0.3) is 5.91 Å². The van der Waals surface area contributed by atoms with Crippen molar-refractivity contribution in [3.05, 3.63) is 23.8 Å². The minimum Gasteiger partial charge on any atom is -0.486 e. The van der Waals surface area contributed by atoms with Gasteiger partial charge < -0.3 is 14.8 Å². The predicted molar refractivity (Wildman–Crippen MR) is 90.6 cm³/mol. The second kappa shape index (κ2) is 6.83. The average molecular weight is 331 g/mol. The summed E-state index contributed by atoms with van der Waals surface area (Å²) in [6.07, 6.45) is 5.80. The highest BCUT2D eigenvalue weighted by molar-refractivity contribution is 6.00. The number of rotatable bonds is 4. The van der Waals surface area contributed by atoms with Crippen molar-refractivity contribution in [3.8, 4) is 11.5 Å². The minimum atomic E-state index is -0.304. The van der Waals surface area contributed by atoms with Crippen LogP contribution in [0.3, 0.4) is 0 Å². The van der Waals surface area contributed by atoms with Crippen molar-refractivity contribution >= 4 is 11.7 Å². The van der Waals surface area contributed by atoms with Gasteiger partial charge >= 0.3 is 0 Å². The van der Waals surface area contributed by atoms with Gasteiger partial charge in [-0.1, -0.05) is 6.42 Å². The van der Waals surface area contributed by atoms with Gasteiger partial charge in [-0.05, 0) is 57.7 Å². The topological polar surface area (TPSA) is 64.6 Å². The number of benzene rings is 1. The summed E-state index contributed by atoms with van der Waals surface area (Å²) in [5, 5.41) is 2.77. The van der Waals surface area contributed by atoms with Crippen molar-refractivity contribution in [2.45, 2.75) is 64.0 Å². The molecule has 0 saturated heterocycles. The van der Waals surface area contributed by atoms with Gasteiger partial charge in [-0.25, -0.2) is 0 Å². The molecule has 1 saturated carbocycles. The van der Waals surface area contributed by atoms with Gasteiger partial charge in [0.15, 0.2) is 12.4 Å². The molecule has 1 amide bonds. The van der Waals surface area contributed by atoms with Crippen LogP contribution >= 0.6 is 0 Å². The molecular formula is C19H25NO4. The Kier molecular flexibility index (Phi) is 4.78. The number of Topliss-reactive ketones (excluding diaryl/α,β-unsaturated/α-hetero) is 1. The van der Waals surface area contributed by atoms with E-state index in [2.05, 4.69) is 5.32 Å². The van der Waals surface area contributed by atoms with Crippen LogP contribution in [0.2, 0.25) is 0 Å². The van der Waals surface area contributed by atoms with E-state index in [-0.39, 0.29) is 29.9 Å². The Labute approximate surface area is 142 Å². The third-order valence-electron chi connectivity index (χ3n) is 4.65. The molecule has 0 unspecified atom stereocenters. The summed E-state index contributed by atoms with van der Waals surface area (Å²) in [7, 11) is 0. The number of fused-ring (bicyclic) bond motifs is 1. The maximum atomic E-state index is 12.6. The van der Waals surface area contributed by atoms with Crippen LogP contribution in [0, 0.1) is 0 Å². The van der Waals surface area contributed by atoms with Crippen molar-refractivity contribution in [2.75, 3.05) is 6.61 Å². The van der Waals surface area contributed by atoms with Crippen LogP contribution in [0.25, 0.3) is 0 Å². The minimum absolute atomic E-state index is 0.0596. The summed E-state index contributed by atoms with van der Waals surface area (Å²) in [6.45, 7) is 3.73. The molecule has 1 N–H and O–H groups in total. The number of amides is 1. The molecule has 3 rings (SSSR count). The van der Waals surface area contributed by atoms with Gasteiger partial charge in [0.1, 0.15) is 17.1 Å². The van der Waals surface area contributed by atoms with Gasteiger partial charge in [0, 0.05) is 6.04 Å². The Morgan fingerprint density at radius 1 is 1.29 bits per heavy atom. The van der Waals surface area contributed by atoms with Crippen LogP contribution in [0.15, 0.2) is 18.2 Å². The first-order valence-corrected chi connectivity index (χ1v) is 8.76. The lowest BCUT2D eigenvalue weighted by Gasteiger charge is -2.40. The fourth-order valence-electron chi connectivity index (χ4n) is 3.55. The number of nitrogens with one attached hydrogen (secondary N) is 1. The van der Waals surface area contributed by atoms with Gasteiger partial charge in [0.2, 0.25) is 0 Å². The molecule has 1 aromatic rings. The van der Waals surface area contributed by atoms with E-state index in [1.807, 2.05) is 13.8 Å². The summed E-state index contributed by atoms with van der Waals surface area (Å²) in [6, 6.07) is 5.32. The SMILES string of the molecule is CC(C)NC(=O)COc1ccc2c(c1)C(=O)CC1(CCCCC1)O2. The van der Waals surface area contributed by atoms with E-state index in [1.165, 1.54) is 6.42 Å². The van der Waals surface area contributed by atoms with Crippen LogP contribution in [0.1, 0.15) is 62.7 Å². The molecule has 1 aliphatic carbocycles. The highest BCUT2D eigenvalue weighted by Gasteiger charge is 2.41. The normalized spacial score (nSPS) is 18.9. The largest absolute Gasteiger partial charge is 0.486 e. The first-order chi connectivity index (χ1) is 11.5. The molecule has 1 aliphatic heterocycles. The van der Waals surface area contributed by atoms with Gasteiger partial charge in [0.05, 0.1) is 12.0 Å². The average Bonchev–Trinajstić information content (AvgIpc) is 2.53. The molecular weight excluding hydrogens is 306 g/mol. The first kappa shape index (κ1) is 16.8. The maximum Gasteiger partial charge on any atom is 0.258 e. The van der Waals surface area contributed by atoms with Crippen molar-refractivity contribution in [1.29, 1.82) is 0 Å². The highest BCUT2D eigenvalue weighted by Crippen LogP contribution is 2.42. The molecule has 1 aromatic carbocycles. The zero-order chi connectivity index (χ0) is 17.2. The number of carbonyl (C=O) groups excluding carboxylic acids is 2. The first-order valence-electron chi connectivity index (χ1n) is 8.76. The van der Waals surface area contributed by atoms with E-state index in [1.54, 1.807) is 18.2 Å². The second-order valence-electron chi connectivity index (χ2n) is 7.11. The Hall–Kier alpha value is -2.04. The molecule has 1 heterocycles. The molecule has 5 nitrogen and oxygen atoms in total. The number of ketones is 1. The monoisotopic (exact) mass is 331 g/mol. The number of carbonyl (C=O) groups is 2. The van der Waals surface area contributed by atoms with E-state index < -0.39 is 0 Å². The molecule has 0 atom stereocenters. The van der Waals surface area contributed by atoms with E-state index in [4.69, 9.17) is 9.47 Å². The Morgan fingerprint density at radius 2 is 2.04 bits per heavy atom. The summed E-state index contributed by atoms with van der Waals surface area (Å²) in [5.74, 6) is 1.10. The lowest BCUT2D eigenvalue weighted by molar-refractivity contribution is -0.123. The zero-order valence-electron chi connectivity index (χ0n) is 14.4. The summed E-state index contributed by atoms with van der Waals surface area (Å²) in [5.41, 5.74) is 0.259. The maximum absolute atomic E-state index is 12.6. The zero-order valence-corrected chi connectivity index (χ0v) is 14.4. The molecule has 0 radical (unpaired) electrons. The Balaban J connectivity index is 1.69. The van der Waals surface area contributed by atoms with E-state index in [0.717, 1.165) is 25.7 Å². The van der Waals surface area contributed by atoms with Crippen molar-refractivity contribution in [2.24, 2.45) is 0 Å². The van der Waals surface area contributed by atoms with Gasteiger partial charge in [-0.15, -0.1) is 0 Å². The van der Waals surface area contributed by atoms with Gasteiger partial charge in [-0.2, -0.15) is 0 Å². The van der Waals surface area contributed by atoms with Crippen LogP contribution in [-0.4, -0.2) is 29.9 Å². The van der Waals surface area contributed by atoms with Crippen LogP contribution in [-0.2, 0) is 4.79 Å². The standard InChI is InChI=1S/C19H25NO4/c1-13(2)20-18(22)12-23-14-6-7-17-15(10-14)16(21)11-19(24-17)8-4-3-5-9-19/h6-7,10,13H,3-5,8-9,11-12H2,1-2H3,(H,20,22). The summed E-state index contributed by atoms with van der Waals surface area (Å²) in [4.78, 5) is 24.2. The fourth-order valence-corrected chi connectivity index (χ4v) is 3.55. The summed E-state index contributed by atoms with van der Waals surface area (Å²) >= 11 is 0. The lowest BCUT2D eigenvalue weighted by Crippen LogP contribution is -2.43. The molecule has 0 aromatic heterocycles. The van der Waals surface area contributed by atoms with E-state index in [0.29, 0.717) is 23.5 Å². The molecule has 5 heteroatoms. The quantitative estimate of drug-likeness (QED) is 0.920. The number of hydrogen-bond donors (Lipinski definition) is 1. The fraction of sp³-hybridized carbons (Fsp3) is 0.579. The van der Waals surface area contributed by atoms with Crippen LogP contribution in [0.5, 0.6) is 11.5 Å². The molecule has 24 heavy (non-hydrogen) atoms. The number of ether oxygens (including phenoxy) is 2. The molecule has 1 fully saturated rings. The Morgan fingerprint density at radius 3 is 2.75 bits per heavy atom. The van der Waals surface area contributed by atoms with Crippen molar-refractivity contribution < 1.29 is 19.1 Å². The van der Waals surface area contributed by atoms with E-state index >= 15 is 0 Å². The molecule has 0 bridgehead atoms. The number of hydrogen-bond acceptors (Lipinski definition) is 4. The third kappa shape index (κ3) is 3.71. The molecule has 1 spiro atoms. The van der Waals surface area contributed by atoms with Crippen molar-refractivity contribution in [1.82, 2.24) is 5.32 Å². The van der Waals surface area contributed by atoms with Crippen LogP contribution in [0.4, 0.5) is 0 Å². The van der Waals surface area contributed by atoms with Crippen LogP contribution < -0.4 is 14.8 Å². The lowest BCUT2D eigenvalue weighted by atomic mass is 9.78. The predicted octanol–water partition coefficient (Wildman–Crippen LogP) is 3.26. The third-order valence-corrected chi connectivity index (χ3v) is 4.65. The Bertz CT molecular complexity index is 632. The van der Waals surface area contributed by atoms with E-state index in [9.17, 15) is 9.59 Å². The smallest absolute Gasteiger partial charge is 0.258 e. The second-order valence-corrected chi connectivity index (χ2v) is 7.11. The highest BCUT2D eigenvalue weighted by atomic mass is 16.5. The van der Waals surface area contributed by atoms with Crippen molar-refractivity contribution in [3.63, 3.8) is 0 Å². The molecule has 2 aliphatic rings. The van der Waals surface area contributed by atoms with Gasteiger partial charge in [-0.3, -0.25) is 9.59 Å². The molecule has 130 valence electrons. The summed E-state index contributed by atoms with van der Waals surface area (Å²) < 4.78 is 11.7.